The van der Waals surface area contributed by atoms with Crippen LogP contribution in [0.4, 0.5) is 24.7 Å². The summed E-state index contributed by atoms with van der Waals surface area (Å²) in [5, 5.41) is 4.28. The Morgan fingerprint density at radius 2 is 1.59 bits per heavy atom. The molecule has 1 heterocycles. The van der Waals surface area contributed by atoms with Crippen LogP contribution in [0.25, 0.3) is 0 Å². The van der Waals surface area contributed by atoms with Crippen molar-refractivity contribution in [1.82, 2.24) is 9.88 Å². The number of anilines is 2. The normalized spacial score (nSPS) is 11.5. The monoisotopic (exact) mass is 606 g/mol. The molecule has 0 saturated carbocycles. The SMILES string of the molecule is COc1ccc(CN(c2cscn2)S(=O)(=O)c2c(F)cc(NCc3c(F)ccc(OC)c3CN(C)C)cc2F)cc1. The molecule has 0 spiro atoms. The van der Waals surface area contributed by atoms with Gasteiger partial charge in [-0.3, -0.25) is 0 Å². The van der Waals surface area contributed by atoms with Gasteiger partial charge in [-0.2, -0.15) is 0 Å². The number of aromatic nitrogens is 1. The first kappa shape index (κ1) is 30.2. The fraction of sp³-hybridized carbons (Fsp3) is 0.250. The molecule has 0 bridgehead atoms. The third kappa shape index (κ3) is 6.75. The Morgan fingerprint density at radius 3 is 2.15 bits per heavy atom. The number of halogens is 3. The zero-order valence-corrected chi connectivity index (χ0v) is 24.5. The maximum atomic E-state index is 15.4. The highest BCUT2D eigenvalue weighted by Gasteiger charge is 2.33. The number of hydrogen-bond donors (Lipinski definition) is 1. The fourth-order valence-corrected chi connectivity index (χ4v) is 6.34. The van der Waals surface area contributed by atoms with Gasteiger partial charge < -0.3 is 19.7 Å². The van der Waals surface area contributed by atoms with E-state index in [4.69, 9.17) is 9.47 Å². The van der Waals surface area contributed by atoms with Crippen LogP contribution >= 0.6 is 11.3 Å². The summed E-state index contributed by atoms with van der Waals surface area (Å²) in [6.45, 7) is 0.0107. The Bertz CT molecular complexity index is 1580. The van der Waals surface area contributed by atoms with Gasteiger partial charge in [-0.15, -0.1) is 11.3 Å². The zero-order valence-electron chi connectivity index (χ0n) is 22.8. The molecule has 0 aliphatic carbocycles. The Balaban J connectivity index is 1.65. The molecule has 13 heteroatoms. The molecule has 0 radical (unpaired) electrons. The van der Waals surface area contributed by atoms with Crippen molar-refractivity contribution in [1.29, 1.82) is 0 Å². The number of nitrogens with one attached hydrogen (secondary N) is 1. The van der Waals surface area contributed by atoms with Crippen LogP contribution in [0, 0.1) is 17.5 Å². The molecule has 218 valence electrons. The van der Waals surface area contributed by atoms with Crippen LogP contribution in [0.3, 0.4) is 0 Å². The van der Waals surface area contributed by atoms with Crippen molar-refractivity contribution in [2.45, 2.75) is 24.5 Å². The zero-order chi connectivity index (χ0) is 29.7. The second-order valence-corrected chi connectivity index (χ2v) is 11.8. The van der Waals surface area contributed by atoms with E-state index in [1.807, 2.05) is 19.0 Å². The van der Waals surface area contributed by atoms with E-state index >= 15 is 8.78 Å². The van der Waals surface area contributed by atoms with Crippen LogP contribution in [-0.4, -0.2) is 46.6 Å². The summed E-state index contributed by atoms with van der Waals surface area (Å²) < 4.78 is 84.2. The minimum Gasteiger partial charge on any atom is -0.497 e. The van der Waals surface area contributed by atoms with E-state index < -0.39 is 32.4 Å². The molecule has 4 aromatic rings. The van der Waals surface area contributed by atoms with Crippen LogP contribution < -0.4 is 19.1 Å². The molecule has 0 aliphatic heterocycles. The molecule has 0 amide bonds. The highest BCUT2D eigenvalue weighted by atomic mass is 32.2. The van der Waals surface area contributed by atoms with Crippen LogP contribution in [0.15, 0.2) is 64.3 Å². The molecule has 1 aromatic heterocycles. The van der Waals surface area contributed by atoms with Gasteiger partial charge in [0.2, 0.25) is 0 Å². The summed E-state index contributed by atoms with van der Waals surface area (Å²) in [6, 6.07) is 11.1. The van der Waals surface area contributed by atoms with Crippen molar-refractivity contribution >= 4 is 32.9 Å². The second-order valence-electron chi connectivity index (χ2n) is 9.27. The van der Waals surface area contributed by atoms with Gasteiger partial charge in [-0.25, -0.2) is 30.9 Å². The highest BCUT2D eigenvalue weighted by molar-refractivity contribution is 7.92. The molecule has 0 atom stereocenters. The van der Waals surface area contributed by atoms with Crippen molar-refractivity contribution in [2.75, 3.05) is 37.9 Å². The van der Waals surface area contributed by atoms with Crippen LogP contribution in [0.1, 0.15) is 16.7 Å². The predicted octanol–water partition coefficient (Wildman–Crippen LogP) is 5.65. The third-order valence-electron chi connectivity index (χ3n) is 6.20. The lowest BCUT2D eigenvalue weighted by Gasteiger charge is -2.23. The Kier molecular flexibility index (Phi) is 9.41. The molecular formula is C28H29F3N4O4S2. The van der Waals surface area contributed by atoms with E-state index in [9.17, 15) is 12.8 Å². The average molecular weight is 607 g/mol. The van der Waals surface area contributed by atoms with E-state index in [-0.39, 0.29) is 30.2 Å². The molecule has 3 aromatic carbocycles. The quantitative estimate of drug-likeness (QED) is 0.223. The van der Waals surface area contributed by atoms with Crippen LogP contribution in [-0.2, 0) is 29.7 Å². The number of hydrogen-bond acceptors (Lipinski definition) is 8. The van der Waals surface area contributed by atoms with E-state index in [1.165, 1.54) is 37.2 Å². The topological polar surface area (TPSA) is 84.0 Å². The number of rotatable bonds is 12. The summed E-state index contributed by atoms with van der Waals surface area (Å²) in [5.41, 5.74) is 2.74. The summed E-state index contributed by atoms with van der Waals surface area (Å²) in [7, 11) is 1.87. The minimum atomic E-state index is -4.73. The first-order valence-corrected chi connectivity index (χ1v) is 14.7. The van der Waals surface area contributed by atoms with E-state index in [0.717, 1.165) is 27.8 Å². The Morgan fingerprint density at radius 1 is 0.902 bits per heavy atom. The molecule has 41 heavy (non-hydrogen) atoms. The van der Waals surface area contributed by atoms with Crippen molar-refractivity contribution < 1.29 is 31.1 Å². The van der Waals surface area contributed by atoms with E-state index in [2.05, 4.69) is 10.3 Å². The van der Waals surface area contributed by atoms with Crippen molar-refractivity contribution in [2.24, 2.45) is 0 Å². The molecule has 0 fully saturated rings. The van der Waals surface area contributed by atoms with Crippen LogP contribution in [0.5, 0.6) is 11.5 Å². The van der Waals surface area contributed by atoms with Crippen molar-refractivity contribution in [3.05, 3.63) is 93.6 Å². The summed E-state index contributed by atoms with van der Waals surface area (Å²) in [5.74, 6) is -2.07. The molecule has 0 unspecified atom stereocenters. The first-order chi connectivity index (χ1) is 19.5. The van der Waals surface area contributed by atoms with E-state index in [0.29, 0.717) is 29.2 Å². The fourth-order valence-electron chi connectivity index (χ4n) is 4.24. The summed E-state index contributed by atoms with van der Waals surface area (Å²) in [4.78, 5) is 4.78. The van der Waals surface area contributed by atoms with Crippen molar-refractivity contribution in [3.8, 4) is 11.5 Å². The van der Waals surface area contributed by atoms with Gasteiger partial charge in [0.25, 0.3) is 10.0 Å². The summed E-state index contributed by atoms with van der Waals surface area (Å²) >= 11 is 1.14. The number of benzene rings is 3. The average Bonchev–Trinajstić information content (AvgIpc) is 3.45. The molecule has 0 aliphatic rings. The molecule has 1 N–H and O–H groups in total. The predicted molar refractivity (Wildman–Crippen MR) is 153 cm³/mol. The molecule has 0 saturated heterocycles. The number of thiazole rings is 1. The molecular weight excluding hydrogens is 577 g/mol. The number of sulfonamides is 1. The maximum absolute atomic E-state index is 15.4. The van der Waals surface area contributed by atoms with Crippen LogP contribution in [0.2, 0.25) is 0 Å². The molecule has 8 nitrogen and oxygen atoms in total. The largest absolute Gasteiger partial charge is 0.497 e. The van der Waals surface area contributed by atoms with Gasteiger partial charge in [0.1, 0.15) is 29.0 Å². The van der Waals surface area contributed by atoms with Gasteiger partial charge in [0.15, 0.2) is 10.7 Å². The van der Waals surface area contributed by atoms with Gasteiger partial charge in [0, 0.05) is 35.3 Å². The highest BCUT2D eigenvalue weighted by Crippen LogP contribution is 2.32. The number of ether oxygens (including phenoxy) is 2. The minimum absolute atomic E-state index is 0.0220. The Hall–Kier alpha value is -3.81. The Labute approximate surface area is 241 Å². The standard InChI is InChI=1S/C28H29F3N4O4S2/c1-34(2)15-22-21(23(29)9-10-26(22)39-4)13-32-19-11-24(30)28(25(31)12-19)41(36,37)35(27-16-40-17-33-27)14-18-5-7-20(38-3)8-6-18/h5-12,16-17,32H,13-15H2,1-4H3. The second kappa shape index (κ2) is 12.8. The third-order valence-corrected chi connectivity index (χ3v) is 8.58. The summed E-state index contributed by atoms with van der Waals surface area (Å²) in [6.07, 6.45) is 0. The lowest BCUT2D eigenvalue weighted by Crippen LogP contribution is -2.32. The maximum Gasteiger partial charge on any atom is 0.271 e. The number of nitrogens with zero attached hydrogens (tertiary/aromatic N) is 3. The first-order valence-electron chi connectivity index (χ1n) is 12.3. The van der Waals surface area contributed by atoms with Gasteiger partial charge in [-0.1, -0.05) is 12.1 Å². The lowest BCUT2D eigenvalue weighted by atomic mass is 10.0. The smallest absolute Gasteiger partial charge is 0.271 e. The van der Waals surface area contributed by atoms with Gasteiger partial charge in [-0.05, 0) is 56.1 Å². The lowest BCUT2D eigenvalue weighted by molar-refractivity contribution is 0.368. The molecule has 4 rings (SSSR count). The van der Waals surface area contributed by atoms with E-state index in [1.54, 1.807) is 24.3 Å². The number of methoxy groups -OCH3 is 2. The van der Waals surface area contributed by atoms with Crippen molar-refractivity contribution in [3.63, 3.8) is 0 Å². The van der Waals surface area contributed by atoms with Gasteiger partial charge >= 0.3 is 0 Å². The van der Waals surface area contributed by atoms with Gasteiger partial charge in [0.05, 0.1) is 26.3 Å².